The molecule has 0 saturated heterocycles. The maximum atomic E-state index is 12.9. The van der Waals surface area contributed by atoms with Crippen LogP contribution in [0.15, 0.2) is 24.3 Å². The van der Waals surface area contributed by atoms with Crippen molar-refractivity contribution in [3.05, 3.63) is 24.3 Å². The van der Waals surface area contributed by atoms with E-state index in [9.17, 15) is 29.4 Å². The van der Waals surface area contributed by atoms with E-state index < -0.39 is 40.1 Å². The number of carbonyl (C=O) groups excluding carboxylic acids is 2. The Morgan fingerprint density at radius 2 is 1.12 bits per heavy atom. The Labute approximate surface area is 200 Å². The molecule has 0 aromatic heterocycles. The van der Waals surface area contributed by atoms with Crippen LogP contribution in [0, 0.1) is 28.1 Å². The first-order valence-electron chi connectivity index (χ1n) is 12.0. The van der Waals surface area contributed by atoms with Crippen molar-refractivity contribution in [2.45, 2.75) is 71.6 Å². The minimum absolute atomic E-state index is 0.0658. The number of esters is 2. The maximum Gasteiger partial charge on any atom is 0.333 e. The number of hydrogen-bond donors (Lipinski definition) is 2. The summed E-state index contributed by atoms with van der Waals surface area (Å²) >= 11 is 0. The van der Waals surface area contributed by atoms with Crippen LogP contribution in [0.4, 0.5) is 0 Å². The van der Waals surface area contributed by atoms with Crippen LogP contribution in [0.2, 0.25) is 0 Å². The second kappa shape index (κ2) is 9.55. The molecule has 8 heteroatoms. The molecule has 0 aromatic rings. The molecule has 0 amide bonds. The van der Waals surface area contributed by atoms with Gasteiger partial charge in [0.1, 0.15) is 0 Å². The smallest absolute Gasteiger partial charge is 0.333 e. The monoisotopic (exact) mass is 476 g/mol. The lowest BCUT2D eigenvalue weighted by Crippen LogP contribution is -2.70. The Bertz CT molecular complexity index is 816. The number of ether oxygens (including phenoxy) is 2. The minimum Gasteiger partial charge on any atom is -0.481 e. The van der Waals surface area contributed by atoms with Crippen molar-refractivity contribution < 1.29 is 38.9 Å². The Morgan fingerprint density at radius 3 is 1.41 bits per heavy atom. The SMILES string of the molecule is C=C(C)C(=O)OCCCC1(CCCOC(=O)C(=C)C)C2(C(=O)O)CC3CC(C2)CC1(C(=O)O)C3. The maximum absolute atomic E-state index is 12.9. The van der Waals surface area contributed by atoms with Gasteiger partial charge in [0.15, 0.2) is 0 Å². The third kappa shape index (κ3) is 4.16. The number of rotatable bonds is 12. The lowest BCUT2D eigenvalue weighted by atomic mass is 9.31. The summed E-state index contributed by atoms with van der Waals surface area (Å²) in [5, 5.41) is 21.1. The summed E-state index contributed by atoms with van der Waals surface area (Å²) in [5.41, 5.74) is -2.81. The van der Waals surface area contributed by atoms with E-state index in [1.54, 1.807) is 13.8 Å². The third-order valence-electron chi connectivity index (χ3n) is 8.53. The van der Waals surface area contributed by atoms with E-state index in [4.69, 9.17) is 9.47 Å². The van der Waals surface area contributed by atoms with Crippen molar-refractivity contribution in [2.24, 2.45) is 28.1 Å². The average Bonchev–Trinajstić information content (AvgIpc) is 2.75. The number of carboxylic acids is 2. The van der Waals surface area contributed by atoms with Gasteiger partial charge in [-0.25, -0.2) is 9.59 Å². The molecule has 0 unspecified atom stereocenters. The first-order chi connectivity index (χ1) is 15.9. The van der Waals surface area contributed by atoms with Crippen LogP contribution in [-0.2, 0) is 28.7 Å². The highest BCUT2D eigenvalue weighted by atomic mass is 16.5. The Morgan fingerprint density at radius 1 is 0.765 bits per heavy atom. The van der Waals surface area contributed by atoms with Crippen LogP contribution in [0.1, 0.15) is 71.6 Å². The topological polar surface area (TPSA) is 127 Å². The molecule has 8 nitrogen and oxygen atoms in total. The molecule has 0 radical (unpaired) electrons. The predicted octanol–water partition coefficient (Wildman–Crippen LogP) is 4.14. The standard InChI is InChI=1S/C26H36O8/c1-16(2)20(27)33-9-5-7-26(8-6-10-34-21(28)17(3)4)24(22(29)30)12-18-11-19(14-24)15-25(26,13-18)23(31)32/h18-19H,1,3,5-15H2,2,4H3,(H,29,30)(H,31,32). The molecular formula is C26H36O8. The van der Waals surface area contributed by atoms with Crippen molar-refractivity contribution in [3.63, 3.8) is 0 Å². The summed E-state index contributed by atoms with van der Waals surface area (Å²) in [6, 6.07) is 0. The second-order valence-corrected chi connectivity index (χ2v) is 10.7. The highest BCUT2D eigenvalue weighted by molar-refractivity contribution is 5.87. The van der Waals surface area contributed by atoms with Gasteiger partial charge in [-0.2, -0.15) is 0 Å². The molecule has 4 aliphatic rings. The number of hydrogen-bond acceptors (Lipinski definition) is 6. The molecule has 4 fully saturated rings. The van der Waals surface area contributed by atoms with Crippen LogP contribution in [0.25, 0.3) is 0 Å². The number of carboxylic acid groups (broad SMARTS) is 2. The largest absolute Gasteiger partial charge is 0.481 e. The van der Waals surface area contributed by atoms with E-state index in [1.165, 1.54) is 0 Å². The van der Waals surface area contributed by atoms with E-state index in [0.29, 0.717) is 51.4 Å². The summed E-state index contributed by atoms with van der Waals surface area (Å²) in [7, 11) is 0. The van der Waals surface area contributed by atoms with Gasteiger partial charge in [0.25, 0.3) is 0 Å². The fourth-order valence-corrected chi connectivity index (χ4v) is 7.49. The van der Waals surface area contributed by atoms with E-state index in [2.05, 4.69) is 13.2 Å². The van der Waals surface area contributed by atoms with E-state index in [1.807, 2.05) is 0 Å². The summed E-state index contributed by atoms with van der Waals surface area (Å²) in [5.74, 6) is -2.76. The van der Waals surface area contributed by atoms with Gasteiger partial charge in [0.2, 0.25) is 0 Å². The zero-order valence-electron chi connectivity index (χ0n) is 20.2. The van der Waals surface area contributed by atoms with Crippen molar-refractivity contribution in [1.29, 1.82) is 0 Å². The number of carbonyl (C=O) groups is 4. The molecule has 2 N–H and O–H groups in total. The quantitative estimate of drug-likeness (QED) is 0.244. The fourth-order valence-electron chi connectivity index (χ4n) is 7.49. The lowest BCUT2D eigenvalue weighted by Gasteiger charge is -2.70. The van der Waals surface area contributed by atoms with Crippen LogP contribution in [0.5, 0.6) is 0 Å². The van der Waals surface area contributed by atoms with E-state index in [-0.39, 0.29) is 36.2 Å². The zero-order chi connectivity index (χ0) is 25.3. The van der Waals surface area contributed by atoms with Gasteiger partial charge in [0, 0.05) is 16.6 Å². The summed E-state index contributed by atoms with van der Waals surface area (Å²) < 4.78 is 10.5. The highest BCUT2D eigenvalue weighted by Gasteiger charge is 2.76. The molecule has 0 heterocycles. The normalized spacial score (nSPS) is 30.4. The molecule has 4 aliphatic carbocycles. The van der Waals surface area contributed by atoms with Gasteiger partial charge in [-0.3, -0.25) is 9.59 Å². The zero-order valence-corrected chi connectivity index (χ0v) is 20.2. The van der Waals surface area contributed by atoms with Crippen molar-refractivity contribution in [2.75, 3.05) is 13.2 Å². The Hall–Kier alpha value is -2.64. The van der Waals surface area contributed by atoms with Crippen LogP contribution in [-0.4, -0.2) is 47.3 Å². The molecule has 4 rings (SSSR count). The highest BCUT2D eigenvalue weighted by Crippen LogP contribution is 2.76. The molecule has 0 aromatic carbocycles. The summed E-state index contributed by atoms with van der Waals surface area (Å²) in [6.07, 6.45) is 4.05. The van der Waals surface area contributed by atoms with Crippen molar-refractivity contribution in [3.8, 4) is 0 Å². The molecule has 34 heavy (non-hydrogen) atoms. The third-order valence-corrected chi connectivity index (χ3v) is 8.53. The second-order valence-electron chi connectivity index (χ2n) is 10.7. The van der Waals surface area contributed by atoms with Crippen LogP contribution < -0.4 is 0 Å². The van der Waals surface area contributed by atoms with E-state index in [0.717, 1.165) is 6.42 Å². The Balaban J connectivity index is 1.93. The van der Waals surface area contributed by atoms with Crippen molar-refractivity contribution >= 4 is 23.9 Å². The van der Waals surface area contributed by atoms with E-state index >= 15 is 0 Å². The summed E-state index contributed by atoms with van der Waals surface area (Å²) in [4.78, 5) is 49.5. The predicted molar refractivity (Wildman–Crippen MR) is 123 cm³/mol. The minimum atomic E-state index is -1.16. The van der Waals surface area contributed by atoms with Gasteiger partial charge < -0.3 is 19.7 Å². The number of aliphatic carboxylic acids is 2. The average molecular weight is 477 g/mol. The van der Waals surface area contributed by atoms with Gasteiger partial charge in [-0.15, -0.1) is 0 Å². The first-order valence-corrected chi connectivity index (χ1v) is 12.0. The molecule has 188 valence electrons. The van der Waals surface area contributed by atoms with Gasteiger partial charge in [0.05, 0.1) is 24.0 Å². The van der Waals surface area contributed by atoms with Gasteiger partial charge >= 0.3 is 23.9 Å². The fraction of sp³-hybridized carbons (Fsp3) is 0.692. The molecule has 4 bridgehead atoms. The molecule has 0 spiro atoms. The van der Waals surface area contributed by atoms with Crippen LogP contribution >= 0.6 is 0 Å². The van der Waals surface area contributed by atoms with Gasteiger partial charge in [-0.05, 0) is 83.5 Å². The van der Waals surface area contributed by atoms with Gasteiger partial charge in [-0.1, -0.05) is 13.2 Å². The van der Waals surface area contributed by atoms with Crippen LogP contribution in [0.3, 0.4) is 0 Å². The van der Waals surface area contributed by atoms with Crippen molar-refractivity contribution in [1.82, 2.24) is 0 Å². The molecule has 4 saturated carbocycles. The molecule has 0 atom stereocenters. The molecular weight excluding hydrogens is 440 g/mol. The first kappa shape index (κ1) is 26.0. The Kier molecular flexibility index (Phi) is 7.29. The summed E-state index contributed by atoms with van der Waals surface area (Å²) in [6.45, 7) is 10.4. The lowest BCUT2D eigenvalue weighted by molar-refractivity contribution is -0.249. The molecule has 0 aliphatic heterocycles.